The van der Waals surface area contributed by atoms with E-state index in [2.05, 4.69) is 16.7 Å². The van der Waals surface area contributed by atoms with E-state index >= 15 is 0 Å². The number of halogens is 1. The molecule has 4 nitrogen and oxygen atoms in total. The first-order chi connectivity index (χ1) is 9.56. The molecule has 1 aromatic rings. The molecule has 2 atom stereocenters. The number of carbonyl (C=O) groups is 1. The number of hydrogen-bond acceptors (Lipinski definition) is 3. The first kappa shape index (κ1) is 13.7. The third-order valence-electron chi connectivity index (χ3n) is 4.44. The van der Waals surface area contributed by atoms with E-state index in [-0.39, 0.29) is 0 Å². The summed E-state index contributed by atoms with van der Waals surface area (Å²) in [5.41, 5.74) is 1.09. The van der Waals surface area contributed by atoms with E-state index in [1.165, 1.54) is 19.4 Å². The van der Waals surface area contributed by atoms with Gasteiger partial charge in [-0.2, -0.15) is 0 Å². The van der Waals surface area contributed by atoms with Crippen molar-refractivity contribution in [1.82, 2.24) is 4.90 Å². The summed E-state index contributed by atoms with van der Waals surface area (Å²) < 4.78 is 0. The van der Waals surface area contributed by atoms with Gasteiger partial charge in [0.15, 0.2) is 0 Å². The van der Waals surface area contributed by atoms with Crippen LogP contribution in [0.3, 0.4) is 0 Å². The van der Waals surface area contributed by atoms with Gasteiger partial charge in [-0.3, -0.25) is 4.90 Å². The number of fused-ring (bicyclic) bond motifs is 1. The van der Waals surface area contributed by atoms with Crippen LogP contribution in [0.5, 0.6) is 0 Å². The minimum Gasteiger partial charge on any atom is -0.478 e. The molecule has 1 aromatic carbocycles. The lowest BCUT2D eigenvalue weighted by Crippen LogP contribution is -2.55. The van der Waals surface area contributed by atoms with E-state index in [1.54, 1.807) is 18.2 Å². The Bertz CT molecular complexity index is 535. The van der Waals surface area contributed by atoms with Gasteiger partial charge in [-0.15, -0.1) is 0 Å². The summed E-state index contributed by atoms with van der Waals surface area (Å²) in [5, 5.41) is 9.97. The van der Waals surface area contributed by atoms with Crippen LogP contribution in [0.1, 0.15) is 30.1 Å². The maximum atomic E-state index is 11.4. The Morgan fingerprint density at radius 3 is 2.95 bits per heavy atom. The van der Waals surface area contributed by atoms with Gasteiger partial charge in [-0.25, -0.2) is 4.79 Å². The van der Waals surface area contributed by atoms with Gasteiger partial charge >= 0.3 is 5.97 Å². The van der Waals surface area contributed by atoms with Gasteiger partial charge in [0.25, 0.3) is 0 Å². The topological polar surface area (TPSA) is 43.8 Å². The lowest BCUT2D eigenvalue weighted by molar-refractivity contribution is 0.0697. The number of hydrogen-bond donors (Lipinski definition) is 1. The van der Waals surface area contributed by atoms with Crippen LogP contribution < -0.4 is 4.90 Å². The minimum absolute atomic E-state index is 0.306. The molecular formula is C15H19ClN2O2. The van der Waals surface area contributed by atoms with Crippen LogP contribution in [0.15, 0.2) is 18.2 Å². The summed E-state index contributed by atoms with van der Waals surface area (Å²) in [4.78, 5) is 16.2. The maximum absolute atomic E-state index is 11.4. The van der Waals surface area contributed by atoms with Crippen molar-refractivity contribution in [3.05, 3.63) is 28.8 Å². The number of carboxylic acid groups (broad SMARTS) is 1. The van der Waals surface area contributed by atoms with Crippen LogP contribution in [0.4, 0.5) is 5.69 Å². The number of anilines is 1. The Balaban J connectivity index is 1.95. The van der Waals surface area contributed by atoms with Gasteiger partial charge in [0, 0.05) is 30.2 Å². The van der Waals surface area contributed by atoms with Gasteiger partial charge in [0.2, 0.25) is 0 Å². The number of rotatable bonds is 2. The molecule has 0 saturated carbocycles. The average molecular weight is 295 g/mol. The van der Waals surface area contributed by atoms with Crippen molar-refractivity contribution in [2.45, 2.75) is 31.8 Å². The summed E-state index contributed by atoms with van der Waals surface area (Å²) in [7, 11) is 0. The molecule has 0 radical (unpaired) electrons. The van der Waals surface area contributed by atoms with Crippen LogP contribution in [0, 0.1) is 0 Å². The molecule has 2 aliphatic rings. The lowest BCUT2D eigenvalue weighted by atomic mass is 10.0. The second-order valence-electron chi connectivity index (χ2n) is 5.76. The number of nitrogens with zero attached hydrogens (tertiary/aromatic N) is 2. The number of benzene rings is 1. The molecule has 2 aliphatic heterocycles. The van der Waals surface area contributed by atoms with Crippen LogP contribution in [-0.4, -0.2) is 47.7 Å². The highest BCUT2D eigenvalue weighted by atomic mass is 35.5. The molecule has 1 N–H and O–H groups in total. The SMILES string of the molecule is CC1CN2CCCC2CN1c1cc(Cl)ccc1C(=O)O. The highest BCUT2D eigenvalue weighted by Gasteiger charge is 2.35. The van der Waals surface area contributed by atoms with E-state index in [1.807, 2.05) is 0 Å². The fourth-order valence-corrected chi connectivity index (χ4v) is 3.61. The summed E-state index contributed by atoms with van der Waals surface area (Å²) in [6.07, 6.45) is 2.44. The van der Waals surface area contributed by atoms with Crippen molar-refractivity contribution in [3.8, 4) is 0 Å². The molecule has 0 spiro atoms. The number of piperazine rings is 1. The zero-order valence-electron chi connectivity index (χ0n) is 11.6. The Morgan fingerprint density at radius 1 is 1.40 bits per heavy atom. The number of carboxylic acids is 1. The Labute approximate surface area is 123 Å². The monoisotopic (exact) mass is 294 g/mol. The second-order valence-corrected chi connectivity index (χ2v) is 6.20. The molecule has 3 rings (SSSR count). The first-order valence-electron chi connectivity index (χ1n) is 7.10. The molecule has 2 unspecified atom stereocenters. The lowest BCUT2D eigenvalue weighted by Gasteiger charge is -2.44. The molecule has 108 valence electrons. The molecule has 2 fully saturated rings. The third-order valence-corrected chi connectivity index (χ3v) is 4.67. The molecule has 2 saturated heterocycles. The predicted octanol–water partition coefficient (Wildman–Crippen LogP) is 2.71. The van der Waals surface area contributed by atoms with Gasteiger partial charge in [-0.05, 0) is 44.5 Å². The van der Waals surface area contributed by atoms with Crippen LogP contribution in [-0.2, 0) is 0 Å². The summed E-state index contributed by atoms with van der Waals surface area (Å²) in [6, 6.07) is 5.89. The molecule has 0 aliphatic carbocycles. The Kier molecular flexibility index (Phi) is 3.61. The van der Waals surface area contributed by atoms with Gasteiger partial charge in [-0.1, -0.05) is 11.6 Å². The van der Waals surface area contributed by atoms with Crippen molar-refractivity contribution in [2.75, 3.05) is 24.5 Å². The standard InChI is InChI=1S/C15H19ClN2O2/c1-10-8-17-6-2-3-12(17)9-18(10)14-7-11(16)4-5-13(14)15(19)20/h4-5,7,10,12H,2-3,6,8-9H2,1H3,(H,19,20). The zero-order chi connectivity index (χ0) is 14.3. The van der Waals surface area contributed by atoms with E-state index in [9.17, 15) is 9.90 Å². The molecular weight excluding hydrogens is 276 g/mol. The predicted molar refractivity (Wildman–Crippen MR) is 79.8 cm³/mol. The summed E-state index contributed by atoms with van der Waals surface area (Å²) in [6.45, 7) is 5.21. The minimum atomic E-state index is -0.891. The van der Waals surface area contributed by atoms with Crippen molar-refractivity contribution in [3.63, 3.8) is 0 Å². The quantitative estimate of drug-likeness (QED) is 0.911. The van der Waals surface area contributed by atoms with Crippen molar-refractivity contribution in [1.29, 1.82) is 0 Å². The zero-order valence-corrected chi connectivity index (χ0v) is 12.3. The molecule has 0 amide bonds. The van der Waals surface area contributed by atoms with Gasteiger partial charge in [0.1, 0.15) is 0 Å². The van der Waals surface area contributed by atoms with E-state index < -0.39 is 5.97 Å². The van der Waals surface area contributed by atoms with Crippen LogP contribution >= 0.6 is 11.6 Å². The fourth-order valence-electron chi connectivity index (χ4n) is 3.45. The summed E-state index contributed by atoms with van der Waals surface area (Å²) in [5.74, 6) is -0.891. The van der Waals surface area contributed by atoms with E-state index in [4.69, 9.17) is 11.6 Å². The van der Waals surface area contributed by atoms with E-state index in [0.29, 0.717) is 22.7 Å². The van der Waals surface area contributed by atoms with Crippen molar-refractivity contribution < 1.29 is 9.90 Å². The van der Waals surface area contributed by atoms with Gasteiger partial charge in [0.05, 0.1) is 11.3 Å². The Morgan fingerprint density at radius 2 is 2.20 bits per heavy atom. The molecule has 5 heteroatoms. The molecule has 0 bridgehead atoms. The number of aromatic carboxylic acids is 1. The normalized spacial score (nSPS) is 26.6. The third kappa shape index (κ3) is 2.38. The highest BCUT2D eigenvalue weighted by Crippen LogP contribution is 2.32. The molecule has 0 aromatic heterocycles. The van der Waals surface area contributed by atoms with Crippen molar-refractivity contribution in [2.24, 2.45) is 0 Å². The smallest absolute Gasteiger partial charge is 0.337 e. The van der Waals surface area contributed by atoms with Crippen LogP contribution in [0.2, 0.25) is 5.02 Å². The largest absolute Gasteiger partial charge is 0.478 e. The first-order valence-corrected chi connectivity index (χ1v) is 7.47. The van der Waals surface area contributed by atoms with Crippen LogP contribution in [0.25, 0.3) is 0 Å². The molecule has 2 heterocycles. The molecule has 20 heavy (non-hydrogen) atoms. The van der Waals surface area contributed by atoms with Gasteiger partial charge < -0.3 is 10.0 Å². The second kappa shape index (κ2) is 5.26. The maximum Gasteiger partial charge on any atom is 0.337 e. The average Bonchev–Trinajstić information content (AvgIpc) is 2.84. The highest BCUT2D eigenvalue weighted by molar-refractivity contribution is 6.31. The van der Waals surface area contributed by atoms with E-state index in [0.717, 1.165) is 18.8 Å². The van der Waals surface area contributed by atoms with Crippen molar-refractivity contribution >= 4 is 23.3 Å². The fraction of sp³-hybridized carbons (Fsp3) is 0.533. The Hall–Kier alpha value is -1.26. The summed E-state index contributed by atoms with van der Waals surface area (Å²) >= 11 is 6.07.